The van der Waals surface area contributed by atoms with Crippen molar-refractivity contribution in [3.63, 3.8) is 0 Å². The van der Waals surface area contributed by atoms with Gasteiger partial charge in [0.05, 0.1) is 0 Å². The molecule has 0 fully saturated rings. The summed E-state index contributed by atoms with van der Waals surface area (Å²) < 4.78 is 9.56. The van der Waals surface area contributed by atoms with E-state index in [1.807, 2.05) is 0 Å². The third-order valence-electron chi connectivity index (χ3n) is 1.16. The highest BCUT2D eigenvalue weighted by atomic mass is 16.7. The number of ether oxygens (including phenoxy) is 2. The van der Waals surface area contributed by atoms with Gasteiger partial charge in [-0.05, 0) is 6.92 Å². The lowest BCUT2D eigenvalue weighted by Crippen LogP contribution is -2.19. The summed E-state index contributed by atoms with van der Waals surface area (Å²) in [6, 6.07) is 0. The second-order valence-electron chi connectivity index (χ2n) is 1.88. The number of rotatable bonds is 4. The van der Waals surface area contributed by atoms with Crippen LogP contribution in [0.25, 0.3) is 0 Å². The second-order valence-corrected chi connectivity index (χ2v) is 1.88. The molecule has 0 N–H and O–H groups in total. The number of carbonyl (C=O) groups is 1. The van der Waals surface area contributed by atoms with Crippen LogP contribution in [0.5, 0.6) is 0 Å². The predicted molar refractivity (Wildman–Crippen MR) is 37.6 cm³/mol. The predicted octanol–water partition coefficient (Wildman–Crippen LogP) is 0.750. The van der Waals surface area contributed by atoms with Crippen LogP contribution >= 0.6 is 0 Å². The molecule has 3 heteroatoms. The van der Waals surface area contributed by atoms with Crippen molar-refractivity contribution in [2.45, 2.75) is 13.2 Å². The van der Waals surface area contributed by atoms with E-state index < -0.39 is 6.29 Å². The van der Waals surface area contributed by atoms with E-state index in [1.165, 1.54) is 21.1 Å². The first-order chi connectivity index (χ1) is 4.63. The van der Waals surface area contributed by atoms with Crippen molar-refractivity contribution < 1.29 is 14.3 Å². The van der Waals surface area contributed by atoms with E-state index in [2.05, 4.69) is 6.58 Å². The van der Waals surface area contributed by atoms with Crippen LogP contribution in [-0.2, 0) is 14.3 Å². The summed E-state index contributed by atoms with van der Waals surface area (Å²) in [5.41, 5.74) is 0.338. The fourth-order valence-corrected chi connectivity index (χ4v) is 0.547. The van der Waals surface area contributed by atoms with Crippen LogP contribution < -0.4 is 0 Å². The van der Waals surface area contributed by atoms with Gasteiger partial charge in [0.1, 0.15) is 0 Å². The zero-order valence-electron chi connectivity index (χ0n) is 6.51. The lowest BCUT2D eigenvalue weighted by atomic mass is 10.2. The maximum atomic E-state index is 10.6. The highest BCUT2D eigenvalue weighted by Crippen LogP contribution is 2.04. The van der Waals surface area contributed by atoms with Crippen molar-refractivity contribution in [1.82, 2.24) is 0 Å². The Kier molecular flexibility index (Phi) is 3.91. The molecule has 0 aliphatic carbocycles. The van der Waals surface area contributed by atoms with Crippen LogP contribution in [0.4, 0.5) is 0 Å². The minimum Gasteiger partial charge on any atom is -0.352 e. The van der Waals surface area contributed by atoms with Gasteiger partial charge >= 0.3 is 0 Å². The van der Waals surface area contributed by atoms with Crippen molar-refractivity contribution >= 4 is 5.78 Å². The molecule has 0 aromatic rings. The van der Waals surface area contributed by atoms with Gasteiger partial charge in [-0.25, -0.2) is 0 Å². The number of ketones is 1. The molecule has 0 aliphatic heterocycles. The number of Topliss-reactive ketones (excluding diaryl/α,β-unsaturated/α-hetero) is 1. The van der Waals surface area contributed by atoms with E-state index in [-0.39, 0.29) is 5.78 Å². The summed E-state index contributed by atoms with van der Waals surface area (Å²) >= 11 is 0. The van der Waals surface area contributed by atoms with Crippen LogP contribution in [0.15, 0.2) is 12.2 Å². The molecule has 0 unspecified atom stereocenters. The van der Waals surface area contributed by atoms with Gasteiger partial charge in [0.15, 0.2) is 12.1 Å². The lowest BCUT2D eigenvalue weighted by molar-refractivity contribution is -0.121. The average Bonchev–Trinajstić information content (AvgIpc) is 1.90. The molecule has 0 radical (unpaired) electrons. The van der Waals surface area contributed by atoms with E-state index in [9.17, 15) is 4.79 Å². The Morgan fingerprint density at radius 1 is 1.40 bits per heavy atom. The molecular formula is C7H12O3. The van der Waals surface area contributed by atoms with Gasteiger partial charge in [-0.3, -0.25) is 4.79 Å². The molecule has 0 rings (SSSR count). The average molecular weight is 144 g/mol. The number of hydrogen-bond acceptors (Lipinski definition) is 3. The van der Waals surface area contributed by atoms with Gasteiger partial charge in [-0.15, -0.1) is 0 Å². The first kappa shape index (κ1) is 9.33. The van der Waals surface area contributed by atoms with Gasteiger partial charge in [0.25, 0.3) is 0 Å². The Morgan fingerprint density at radius 3 is 1.90 bits per heavy atom. The van der Waals surface area contributed by atoms with Gasteiger partial charge in [0, 0.05) is 19.8 Å². The highest BCUT2D eigenvalue weighted by Gasteiger charge is 2.13. The summed E-state index contributed by atoms with van der Waals surface area (Å²) in [6.07, 6.45) is -0.600. The van der Waals surface area contributed by atoms with Crippen LogP contribution in [-0.4, -0.2) is 26.3 Å². The summed E-state index contributed by atoms with van der Waals surface area (Å²) in [4.78, 5) is 10.6. The number of hydrogen-bond donors (Lipinski definition) is 0. The Morgan fingerprint density at radius 2 is 1.80 bits per heavy atom. The maximum Gasteiger partial charge on any atom is 0.185 e. The SMILES string of the molecule is C=C(C(C)=O)C(OC)OC. The summed E-state index contributed by atoms with van der Waals surface area (Å²) in [5, 5.41) is 0. The minimum atomic E-state index is -0.600. The summed E-state index contributed by atoms with van der Waals surface area (Å²) in [7, 11) is 2.92. The van der Waals surface area contributed by atoms with Crippen molar-refractivity contribution in [1.29, 1.82) is 0 Å². The zero-order chi connectivity index (χ0) is 8.15. The lowest BCUT2D eigenvalue weighted by Gasteiger charge is -2.12. The van der Waals surface area contributed by atoms with Crippen molar-refractivity contribution in [2.75, 3.05) is 14.2 Å². The van der Waals surface area contributed by atoms with Crippen molar-refractivity contribution in [3.05, 3.63) is 12.2 Å². The molecule has 0 bridgehead atoms. The van der Waals surface area contributed by atoms with Crippen LogP contribution in [0.1, 0.15) is 6.92 Å². The smallest absolute Gasteiger partial charge is 0.185 e. The molecule has 10 heavy (non-hydrogen) atoms. The molecule has 0 spiro atoms. The van der Waals surface area contributed by atoms with Crippen LogP contribution in [0.3, 0.4) is 0 Å². The number of carbonyl (C=O) groups excluding carboxylic acids is 1. The molecule has 0 aromatic carbocycles. The van der Waals surface area contributed by atoms with Gasteiger partial charge < -0.3 is 9.47 Å². The second kappa shape index (κ2) is 4.19. The third-order valence-corrected chi connectivity index (χ3v) is 1.16. The first-order valence-electron chi connectivity index (χ1n) is 2.88. The fraction of sp³-hybridized carbons (Fsp3) is 0.571. The topological polar surface area (TPSA) is 35.5 Å². The van der Waals surface area contributed by atoms with Gasteiger partial charge in [-0.1, -0.05) is 6.58 Å². The Labute approximate surface area is 60.6 Å². The molecule has 58 valence electrons. The highest BCUT2D eigenvalue weighted by molar-refractivity contribution is 5.93. The quantitative estimate of drug-likeness (QED) is 0.431. The molecule has 0 aromatic heterocycles. The third kappa shape index (κ3) is 2.29. The van der Waals surface area contributed by atoms with Crippen molar-refractivity contribution in [2.24, 2.45) is 0 Å². The monoisotopic (exact) mass is 144 g/mol. The van der Waals surface area contributed by atoms with E-state index in [4.69, 9.17) is 9.47 Å². The van der Waals surface area contributed by atoms with Gasteiger partial charge in [0.2, 0.25) is 0 Å². The molecule has 0 saturated heterocycles. The largest absolute Gasteiger partial charge is 0.352 e. The Hall–Kier alpha value is -0.670. The molecule has 0 heterocycles. The molecule has 0 aliphatic rings. The standard InChI is InChI=1S/C7H12O3/c1-5(6(2)8)7(9-3)10-4/h7H,1H2,2-4H3. The zero-order valence-corrected chi connectivity index (χ0v) is 6.51. The first-order valence-corrected chi connectivity index (χ1v) is 2.88. The summed E-state index contributed by atoms with van der Waals surface area (Å²) in [5.74, 6) is -0.117. The van der Waals surface area contributed by atoms with Crippen LogP contribution in [0, 0.1) is 0 Å². The maximum absolute atomic E-state index is 10.6. The van der Waals surface area contributed by atoms with Crippen LogP contribution in [0.2, 0.25) is 0 Å². The Bertz CT molecular complexity index is 136. The Balaban J connectivity index is 4.02. The van der Waals surface area contributed by atoms with E-state index in [0.29, 0.717) is 5.57 Å². The molecule has 0 amide bonds. The molecular weight excluding hydrogens is 132 g/mol. The van der Waals surface area contributed by atoms with E-state index >= 15 is 0 Å². The van der Waals surface area contributed by atoms with E-state index in [0.717, 1.165) is 0 Å². The molecule has 0 atom stereocenters. The van der Waals surface area contributed by atoms with E-state index in [1.54, 1.807) is 0 Å². The van der Waals surface area contributed by atoms with Crippen molar-refractivity contribution in [3.8, 4) is 0 Å². The normalized spacial score (nSPS) is 10.0. The number of methoxy groups -OCH3 is 2. The summed E-state index contributed by atoms with van der Waals surface area (Å²) in [6.45, 7) is 4.92. The molecule has 0 saturated carbocycles. The molecule has 3 nitrogen and oxygen atoms in total. The van der Waals surface area contributed by atoms with Gasteiger partial charge in [-0.2, -0.15) is 0 Å². The fourth-order valence-electron chi connectivity index (χ4n) is 0.547. The minimum absolute atomic E-state index is 0.117.